The molecule has 2 aliphatic rings. The van der Waals surface area contributed by atoms with E-state index in [-0.39, 0.29) is 0 Å². The molecular weight excluding hydrogens is 262 g/mol. The third kappa shape index (κ3) is 2.05. The van der Waals surface area contributed by atoms with Crippen molar-refractivity contribution < 1.29 is 0 Å². The van der Waals surface area contributed by atoms with Crippen LogP contribution in [0.2, 0.25) is 0 Å². The van der Waals surface area contributed by atoms with Crippen LogP contribution in [0.1, 0.15) is 24.8 Å². The average Bonchev–Trinajstić information content (AvgIpc) is 2.54. The molecule has 0 radical (unpaired) electrons. The minimum atomic E-state index is 0.559. The first kappa shape index (κ1) is 10.8. The van der Waals surface area contributed by atoms with Crippen molar-refractivity contribution in [1.82, 2.24) is 5.32 Å². The molecule has 3 rings (SSSR count). The Labute approximate surface area is 106 Å². The number of nitrogens with one attached hydrogen (secondary N) is 1. The molecule has 2 heteroatoms. The summed E-state index contributed by atoms with van der Waals surface area (Å²) in [4.78, 5) is 0. The Bertz CT molecular complexity index is 386. The van der Waals surface area contributed by atoms with Gasteiger partial charge in [0.1, 0.15) is 0 Å². The van der Waals surface area contributed by atoms with Crippen LogP contribution in [0.15, 0.2) is 28.7 Å². The highest BCUT2D eigenvalue weighted by Gasteiger charge is 2.41. The predicted octanol–water partition coefficient (Wildman–Crippen LogP) is 3.38. The number of benzene rings is 1. The molecule has 2 bridgehead atoms. The average molecular weight is 280 g/mol. The molecule has 1 aromatic carbocycles. The second-order valence-electron chi connectivity index (χ2n) is 5.55. The van der Waals surface area contributed by atoms with E-state index in [1.165, 1.54) is 48.8 Å². The lowest BCUT2D eigenvalue weighted by molar-refractivity contribution is 0.229. The van der Waals surface area contributed by atoms with E-state index in [0.29, 0.717) is 5.41 Å². The van der Waals surface area contributed by atoms with E-state index in [9.17, 15) is 0 Å². The molecule has 16 heavy (non-hydrogen) atoms. The van der Waals surface area contributed by atoms with Crippen molar-refractivity contribution in [3.05, 3.63) is 34.3 Å². The molecule has 0 spiro atoms. The zero-order chi connectivity index (χ0) is 11.0. The van der Waals surface area contributed by atoms with Crippen LogP contribution in [0.5, 0.6) is 0 Å². The maximum atomic E-state index is 3.61. The Balaban J connectivity index is 1.79. The first-order chi connectivity index (χ1) is 7.76. The molecule has 1 saturated heterocycles. The first-order valence-electron chi connectivity index (χ1n) is 6.21. The number of piperidine rings is 1. The number of fused-ring (bicyclic) bond motifs is 2. The maximum absolute atomic E-state index is 3.61. The molecule has 2 unspecified atom stereocenters. The highest BCUT2D eigenvalue weighted by atomic mass is 79.9. The van der Waals surface area contributed by atoms with Gasteiger partial charge in [0.2, 0.25) is 0 Å². The van der Waals surface area contributed by atoms with Gasteiger partial charge in [-0.2, -0.15) is 0 Å². The Morgan fingerprint density at radius 2 is 2.38 bits per heavy atom. The summed E-state index contributed by atoms with van der Waals surface area (Å²) in [5.74, 6) is 0.945. The largest absolute Gasteiger partial charge is 0.316 e. The van der Waals surface area contributed by atoms with Crippen LogP contribution in [0.3, 0.4) is 0 Å². The van der Waals surface area contributed by atoms with Gasteiger partial charge < -0.3 is 5.32 Å². The maximum Gasteiger partial charge on any atom is 0.0177 e. The topological polar surface area (TPSA) is 12.0 Å². The van der Waals surface area contributed by atoms with Gasteiger partial charge in [-0.15, -0.1) is 0 Å². The third-order valence-electron chi connectivity index (χ3n) is 4.21. The number of hydrogen-bond donors (Lipinski definition) is 1. The van der Waals surface area contributed by atoms with Crippen molar-refractivity contribution >= 4 is 15.9 Å². The molecule has 0 amide bonds. The molecule has 1 N–H and O–H groups in total. The predicted molar refractivity (Wildman–Crippen MR) is 70.5 cm³/mol. The standard InChI is InChI=1S/C14H18BrN/c15-13-3-1-2-11(6-13)7-14-5-4-12(8-14)9-16-10-14/h1-3,6,12,16H,4-5,7-10H2. The molecule has 0 aromatic heterocycles. The molecule has 1 aliphatic heterocycles. The lowest BCUT2D eigenvalue weighted by atomic mass is 9.77. The summed E-state index contributed by atoms with van der Waals surface area (Å²) in [5, 5.41) is 3.61. The van der Waals surface area contributed by atoms with Gasteiger partial charge in [-0.05, 0) is 61.3 Å². The fourth-order valence-electron chi connectivity index (χ4n) is 3.51. The fraction of sp³-hybridized carbons (Fsp3) is 0.571. The van der Waals surface area contributed by atoms with Gasteiger partial charge in [-0.3, -0.25) is 0 Å². The minimum Gasteiger partial charge on any atom is -0.316 e. The molecule has 2 atom stereocenters. The summed E-state index contributed by atoms with van der Waals surface area (Å²) in [6, 6.07) is 8.80. The quantitative estimate of drug-likeness (QED) is 0.875. The Kier molecular flexibility index (Phi) is 2.80. The second kappa shape index (κ2) is 4.15. The number of halogens is 1. The van der Waals surface area contributed by atoms with Crippen molar-refractivity contribution in [3.63, 3.8) is 0 Å². The Morgan fingerprint density at radius 1 is 1.44 bits per heavy atom. The first-order valence-corrected chi connectivity index (χ1v) is 7.00. The summed E-state index contributed by atoms with van der Waals surface area (Å²) in [7, 11) is 0. The van der Waals surface area contributed by atoms with Crippen LogP contribution in [0.4, 0.5) is 0 Å². The molecule has 1 aliphatic carbocycles. The third-order valence-corrected chi connectivity index (χ3v) is 4.70. The van der Waals surface area contributed by atoms with Gasteiger partial charge in [0.25, 0.3) is 0 Å². The molecular formula is C14H18BrN. The van der Waals surface area contributed by atoms with Gasteiger partial charge in [0, 0.05) is 11.0 Å². The van der Waals surface area contributed by atoms with Crippen LogP contribution in [0.25, 0.3) is 0 Å². The van der Waals surface area contributed by atoms with Crippen molar-refractivity contribution in [3.8, 4) is 0 Å². The highest BCUT2D eigenvalue weighted by Crippen LogP contribution is 2.46. The highest BCUT2D eigenvalue weighted by molar-refractivity contribution is 9.10. The van der Waals surface area contributed by atoms with Crippen LogP contribution < -0.4 is 5.32 Å². The van der Waals surface area contributed by atoms with Crippen molar-refractivity contribution in [2.45, 2.75) is 25.7 Å². The number of hydrogen-bond acceptors (Lipinski definition) is 1. The van der Waals surface area contributed by atoms with E-state index in [0.717, 1.165) is 5.92 Å². The summed E-state index contributed by atoms with van der Waals surface area (Å²) in [5.41, 5.74) is 2.04. The van der Waals surface area contributed by atoms with E-state index in [1.54, 1.807) is 0 Å². The zero-order valence-electron chi connectivity index (χ0n) is 9.51. The molecule has 2 fully saturated rings. The molecule has 1 nitrogen and oxygen atoms in total. The molecule has 1 saturated carbocycles. The van der Waals surface area contributed by atoms with E-state index in [2.05, 4.69) is 45.5 Å². The minimum absolute atomic E-state index is 0.559. The second-order valence-corrected chi connectivity index (χ2v) is 6.46. The summed E-state index contributed by atoms with van der Waals surface area (Å²) in [6.45, 7) is 2.47. The summed E-state index contributed by atoms with van der Waals surface area (Å²) in [6.07, 6.45) is 5.53. The number of rotatable bonds is 2. The van der Waals surface area contributed by atoms with Crippen LogP contribution >= 0.6 is 15.9 Å². The zero-order valence-corrected chi connectivity index (χ0v) is 11.1. The SMILES string of the molecule is Brc1cccc(CC23CCC(CNC2)C3)c1. The molecule has 1 heterocycles. The van der Waals surface area contributed by atoms with Gasteiger partial charge in [0.15, 0.2) is 0 Å². The molecule has 86 valence electrons. The van der Waals surface area contributed by atoms with Gasteiger partial charge in [0.05, 0.1) is 0 Å². The van der Waals surface area contributed by atoms with E-state index in [1.807, 2.05) is 0 Å². The van der Waals surface area contributed by atoms with Crippen LogP contribution in [-0.2, 0) is 6.42 Å². The summed E-state index contributed by atoms with van der Waals surface area (Å²) < 4.78 is 1.21. The van der Waals surface area contributed by atoms with Crippen molar-refractivity contribution in [2.75, 3.05) is 13.1 Å². The van der Waals surface area contributed by atoms with Gasteiger partial charge >= 0.3 is 0 Å². The molecule has 1 aromatic rings. The Hall–Kier alpha value is -0.340. The van der Waals surface area contributed by atoms with Crippen LogP contribution in [0, 0.1) is 11.3 Å². The lowest BCUT2D eigenvalue weighted by Crippen LogP contribution is -2.40. The van der Waals surface area contributed by atoms with Crippen molar-refractivity contribution in [2.24, 2.45) is 11.3 Å². The van der Waals surface area contributed by atoms with Crippen LogP contribution in [-0.4, -0.2) is 13.1 Å². The van der Waals surface area contributed by atoms with Crippen molar-refractivity contribution in [1.29, 1.82) is 0 Å². The Morgan fingerprint density at radius 3 is 3.25 bits per heavy atom. The van der Waals surface area contributed by atoms with E-state index in [4.69, 9.17) is 0 Å². The fourth-order valence-corrected chi connectivity index (χ4v) is 3.95. The summed E-state index contributed by atoms with van der Waals surface area (Å²) >= 11 is 3.56. The van der Waals surface area contributed by atoms with Gasteiger partial charge in [-0.1, -0.05) is 28.1 Å². The normalized spacial score (nSPS) is 32.9. The van der Waals surface area contributed by atoms with E-state index < -0.39 is 0 Å². The lowest BCUT2D eigenvalue weighted by Gasteiger charge is -2.34. The van der Waals surface area contributed by atoms with Gasteiger partial charge in [-0.25, -0.2) is 0 Å². The monoisotopic (exact) mass is 279 g/mol. The van der Waals surface area contributed by atoms with E-state index >= 15 is 0 Å². The smallest absolute Gasteiger partial charge is 0.0177 e.